The van der Waals surface area contributed by atoms with Gasteiger partial charge in [-0.05, 0) is 19.3 Å². The number of carbonyl (C=O) groups is 1. The zero-order chi connectivity index (χ0) is 16.6. The number of unbranched alkanes of at least 4 members (excludes halogenated alkanes) is 7. The first-order valence-electron chi connectivity index (χ1n) is 8.90. The van der Waals surface area contributed by atoms with Gasteiger partial charge in [-0.15, -0.1) is 0 Å². The highest BCUT2D eigenvalue weighted by atomic mass is 16.3. The van der Waals surface area contributed by atoms with Gasteiger partial charge in [0.2, 0.25) is 5.91 Å². The second-order valence-corrected chi connectivity index (χ2v) is 5.94. The molecule has 0 bridgehead atoms. The van der Waals surface area contributed by atoms with Gasteiger partial charge in [0.05, 0.1) is 18.8 Å². The Morgan fingerprint density at radius 2 is 1.68 bits per heavy atom. The molecule has 0 heterocycles. The molecule has 1 amide bonds. The summed E-state index contributed by atoms with van der Waals surface area (Å²) in [5, 5.41) is 22.0. The van der Waals surface area contributed by atoms with Crippen molar-refractivity contribution in [3.05, 3.63) is 12.2 Å². The molecule has 0 saturated heterocycles. The lowest BCUT2D eigenvalue weighted by Gasteiger charge is -2.19. The van der Waals surface area contributed by atoms with Gasteiger partial charge in [0.15, 0.2) is 0 Å². The fourth-order valence-corrected chi connectivity index (χ4v) is 2.29. The van der Waals surface area contributed by atoms with E-state index in [1.165, 1.54) is 25.7 Å². The molecule has 3 N–H and O–H groups in total. The lowest BCUT2D eigenvalue weighted by molar-refractivity contribution is -0.123. The van der Waals surface area contributed by atoms with Crippen LogP contribution in [0.3, 0.4) is 0 Å². The van der Waals surface area contributed by atoms with Crippen molar-refractivity contribution < 1.29 is 15.0 Å². The molecule has 0 rings (SSSR count). The third-order valence-electron chi connectivity index (χ3n) is 3.77. The summed E-state index contributed by atoms with van der Waals surface area (Å²) in [4.78, 5) is 11.7. The zero-order valence-electron chi connectivity index (χ0n) is 14.4. The molecule has 0 aromatic carbocycles. The maximum absolute atomic E-state index is 11.7. The van der Waals surface area contributed by atoms with Crippen molar-refractivity contribution in [1.29, 1.82) is 0 Å². The Morgan fingerprint density at radius 3 is 2.32 bits per heavy atom. The highest BCUT2D eigenvalue weighted by Gasteiger charge is 2.17. The maximum Gasteiger partial charge on any atom is 0.220 e. The molecular weight excluding hydrogens is 278 g/mol. The van der Waals surface area contributed by atoms with E-state index in [1.807, 2.05) is 6.08 Å². The summed E-state index contributed by atoms with van der Waals surface area (Å²) in [5.41, 5.74) is 0. The van der Waals surface area contributed by atoms with Crippen LogP contribution in [0, 0.1) is 0 Å². The summed E-state index contributed by atoms with van der Waals surface area (Å²) >= 11 is 0. The van der Waals surface area contributed by atoms with Gasteiger partial charge in [-0.25, -0.2) is 0 Å². The van der Waals surface area contributed by atoms with E-state index in [0.29, 0.717) is 6.42 Å². The van der Waals surface area contributed by atoms with Gasteiger partial charge in [0, 0.05) is 6.42 Å². The third kappa shape index (κ3) is 11.8. The van der Waals surface area contributed by atoms with Crippen LogP contribution in [0.4, 0.5) is 0 Å². The van der Waals surface area contributed by atoms with Crippen molar-refractivity contribution in [2.45, 2.75) is 90.2 Å². The van der Waals surface area contributed by atoms with E-state index in [1.54, 1.807) is 6.08 Å². The highest BCUT2D eigenvalue weighted by molar-refractivity contribution is 5.76. The molecule has 4 nitrogen and oxygen atoms in total. The summed E-state index contributed by atoms with van der Waals surface area (Å²) in [7, 11) is 0. The summed E-state index contributed by atoms with van der Waals surface area (Å²) in [6, 6.07) is -0.606. The fourth-order valence-electron chi connectivity index (χ4n) is 2.29. The molecule has 2 atom stereocenters. The number of hydrogen-bond acceptors (Lipinski definition) is 3. The number of nitrogens with one attached hydrogen (secondary N) is 1. The molecule has 0 aliphatic carbocycles. The number of amides is 1. The molecule has 22 heavy (non-hydrogen) atoms. The summed E-state index contributed by atoms with van der Waals surface area (Å²) < 4.78 is 0. The molecule has 0 unspecified atom stereocenters. The summed E-state index contributed by atoms with van der Waals surface area (Å²) in [6.45, 7) is 4.04. The molecule has 0 fully saturated rings. The number of aliphatic hydroxyl groups excluding tert-OH is 2. The van der Waals surface area contributed by atoms with Crippen LogP contribution in [-0.2, 0) is 4.79 Å². The van der Waals surface area contributed by atoms with Gasteiger partial charge in [-0.1, -0.05) is 64.5 Å². The lowest BCUT2D eigenvalue weighted by Crippen LogP contribution is -2.45. The van der Waals surface area contributed by atoms with Gasteiger partial charge in [0.25, 0.3) is 0 Å². The largest absolute Gasteiger partial charge is 0.394 e. The third-order valence-corrected chi connectivity index (χ3v) is 3.77. The molecule has 0 radical (unpaired) electrons. The van der Waals surface area contributed by atoms with Crippen LogP contribution in [0.2, 0.25) is 0 Å². The van der Waals surface area contributed by atoms with Gasteiger partial charge < -0.3 is 15.5 Å². The van der Waals surface area contributed by atoms with E-state index in [-0.39, 0.29) is 12.5 Å². The minimum atomic E-state index is -0.823. The molecule has 0 aromatic rings. The Morgan fingerprint density at radius 1 is 1.05 bits per heavy atom. The normalized spacial score (nSPS) is 14.2. The van der Waals surface area contributed by atoms with Crippen LogP contribution >= 0.6 is 0 Å². The van der Waals surface area contributed by atoms with E-state index in [0.717, 1.165) is 32.1 Å². The lowest BCUT2D eigenvalue weighted by atomic mass is 10.1. The zero-order valence-corrected chi connectivity index (χ0v) is 14.4. The first-order valence-corrected chi connectivity index (χ1v) is 8.90. The first-order chi connectivity index (χ1) is 10.7. The van der Waals surface area contributed by atoms with Crippen molar-refractivity contribution in [2.75, 3.05) is 6.61 Å². The topological polar surface area (TPSA) is 69.6 Å². The first kappa shape index (κ1) is 21.1. The Labute approximate surface area is 136 Å². The van der Waals surface area contributed by atoms with Gasteiger partial charge in [0.1, 0.15) is 0 Å². The second kappa shape index (κ2) is 15.0. The SMILES string of the molecule is CCCCCCC/C=C/[C@@H](O)[C@H](CO)NC(=O)CCCCC. The Hall–Kier alpha value is -0.870. The minimum Gasteiger partial charge on any atom is -0.394 e. The highest BCUT2D eigenvalue weighted by Crippen LogP contribution is 2.06. The smallest absolute Gasteiger partial charge is 0.220 e. The molecule has 0 aromatic heterocycles. The minimum absolute atomic E-state index is 0.0977. The van der Waals surface area contributed by atoms with Crippen LogP contribution in [0.5, 0.6) is 0 Å². The van der Waals surface area contributed by atoms with Crippen molar-refractivity contribution in [1.82, 2.24) is 5.32 Å². The molecule has 4 heteroatoms. The Balaban J connectivity index is 3.92. The van der Waals surface area contributed by atoms with Crippen molar-refractivity contribution in [3.8, 4) is 0 Å². The van der Waals surface area contributed by atoms with Crippen molar-refractivity contribution in [3.63, 3.8) is 0 Å². The van der Waals surface area contributed by atoms with Crippen LogP contribution in [-0.4, -0.2) is 34.9 Å². The predicted octanol–water partition coefficient (Wildman–Crippen LogP) is 3.32. The van der Waals surface area contributed by atoms with Crippen LogP contribution < -0.4 is 5.32 Å². The molecule has 0 spiro atoms. The van der Waals surface area contributed by atoms with Crippen LogP contribution in [0.15, 0.2) is 12.2 Å². The standard InChI is InChI=1S/C18H35NO3/c1-3-5-7-8-9-10-12-13-17(21)16(15-20)19-18(22)14-11-6-4-2/h12-13,16-17,20-21H,3-11,14-15H2,1-2H3,(H,19,22)/b13-12+/t16-,17+/m0/s1. The van der Waals surface area contributed by atoms with Gasteiger partial charge in [-0.3, -0.25) is 4.79 Å². The van der Waals surface area contributed by atoms with E-state index >= 15 is 0 Å². The van der Waals surface area contributed by atoms with E-state index < -0.39 is 12.1 Å². The molecular formula is C18H35NO3. The molecule has 0 aliphatic rings. The predicted molar refractivity (Wildman–Crippen MR) is 91.7 cm³/mol. The number of carbonyl (C=O) groups excluding carboxylic acids is 1. The second-order valence-electron chi connectivity index (χ2n) is 5.94. The fraction of sp³-hybridized carbons (Fsp3) is 0.833. The van der Waals surface area contributed by atoms with Crippen molar-refractivity contribution in [2.24, 2.45) is 0 Å². The van der Waals surface area contributed by atoms with Gasteiger partial charge >= 0.3 is 0 Å². The molecule has 130 valence electrons. The monoisotopic (exact) mass is 313 g/mol. The molecule has 0 saturated carbocycles. The molecule has 0 aliphatic heterocycles. The number of hydrogen-bond donors (Lipinski definition) is 3. The quantitative estimate of drug-likeness (QED) is 0.340. The number of rotatable bonds is 14. The van der Waals surface area contributed by atoms with Gasteiger partial charge in [-0.2, -0.15) is 0 Å². The van der Waals surface area contributed by atoms with E-state index in [2.05, 4.69) is 19.2 Å². The van der Waals surface area contributed by atoms with E-state index in [4.69, 9.17) is 0 Å². The van der Waals surface area contributed by atoms with Crippen molar-refractivity contribution >= 4 is 5.91 Å². The van der Waals surface area contributed by atoms with E-state index in [9.17, 15) is 15.0 Å². The average molecular weight is 313 g/mol. The summed E-state index contributed by atoms with van der Waals surface area (Å²) in [6.07, 6.45) is 13.3. The number of aliphatic hydroxyl groups is 2. The maximum atomic E-state index is 11.7. The number of allylic oxidation sites excluding steroid dienone is 1. The summed E-state index contributed by atoms with van der Waals surface area (Å²) in [5.74, 6) is -0.0977. The van der Waals surface area contributed by atoms with Crippen LogP contribution in [0.1, 0.15) is 78.1 Å². The average Bonchev–Trinajstić information content (AvgIpc) is 2.51. The Kier molecular flexibility index (Phi) is 14.4. The Bertz CT molecular complexity index is 292. The van der Waals surface area contributed by atoms with Crippen LogP contribution in [0.25, 0.3) is 0 Å².